The van der Waals surface area contributed by atoms with Crippen molar-refractivity contribution in [2.75, 3.05) is 6.54 Å². The first-order valence-electron chi connectivity index (χ1n) is 8.00. The molecule has 2 amide bonds. The van der Waals surface area contributed by atoms with Crippen LogP contribution in [0.1, 0.15) is 36.6 Å². The highest BCUT2D eigenvalue weighted by Crippen LogP contribution is 2.27. The maximum Gasteiger partial charge on any atom is 0.317 e. The van der Waals surface area contributed by atoms with Crippen LogP contribution in [0.25, 0.3) is 0 Å². The molecule has 2 atom stereocenters. The van der Waals surface area contributed by atoms with Gasteiger partial charge in [-0.25, -0.2) is 4.79 Å². The van der Waals surface area contributed by atoms with Crippen molar-refractivity contribution in [3.8, 4) is 0 Å². The van der Waals surface area contributed by atoms with E-state index in [4.69, 9.17) is 0 Å². The third kappa shape index (κ3) is 3.90. The number of aromatic amines is 1. The van der Waals surface area contributed by atoms with Crippen molar-refractivity contribution in [2.45, 2.75) is 38.0 Å². The molecule has 0 aliphatic carbocycles. The van der Waals surface area contributed by atoms with Crippen LogP contribution in [0.15, 0.2) is 42.6 Å². The lowest BCUT2D eigenvalue weighted by atomic mass is 10.0. The van der Waals surface area contributed by atoms with Crippen LogP contribution in [0.4, 0.5) is 4.79 Å². The summed E-state index contributed by atoms with van der Waals surface area (Å²) in [5.74, 6) is 0. The van der Waals surface area contributed by atoms with Gasteiger partial charge in [0.25, 0.3) is 0 Å². The van der Waals surface area contributed by atoms with Crippen molar-refractivity contribution in [1.29, 1.82) is 0 Å². The maximum absolute atomic E-state index is 12.4. The minimum Gasteiger partial charge on any atom is -0.388 e. The number of aliphatic hydroxyl groups excluding tert-OH is 1. The summed E-state index contributed by atoms with van der Waals surface area (Å²) in [5.41, 5.74) is 1.77. The van der Waals surface area contributed by atoms with Crippen LogP contribution in [0, 0.1) is 0 Å². The average molecular weight is 314 g/mol. The SMILES string of the molecule is O=C(NCc1ccn[nH]1)N1CCCC1CC(O)c1ccccc1. The lowest BCUT2D eigenvalue weighted by Crippen LogP contribution is -2.43. The number of aliphatic hydroxyl groups is 1. The molecule has 6 heteroatoms. The number of H-pyrrole nitrogens is 1. The molecule has 0 saturated carbocycles. The number of hydrogen-bond acceptors (Lipinski definition) is 3. The van der Waals surface area contributed by atoms with E-state index in [0.29, 0.717) is 13.0 Å². The van der Waals surface area contributed by atoms with Gasteiger partial charge in [-0.1, -0.05) is 30.3 Å². The highest BCUT2D eigenvalue weighted by atomic mass is 16.3. The number of hydrogen-bond donors (Lipinski definition) is 3. The highest BCUT2D eigenvalue weighted by molar-refractivity contribution is 5.74. The molecular formula is C17H22N4O2. The second-order valence-corrected chi connectivity index (χ2v) is 5.89. The van der Waals surface area contributed by atoms with Crippen molar-refractivity contribution in [3.05, 3.63) is 53.9 Å². The van der Waals surface area contributed by atoms with Crippen LogP contribution in [-0.2, 0) is 6.54 Å². The van der Waals surface area contributed by atoms with E-state index < -0.39 is 6.10 Å². The fourth-order valence-corrected chi connectivity index (χ4v) is 3.07. The Labute approximate surface area is 135 Å². The molecule has 1 fully saturated rings. The van der Waals surface area contributed by atoms with E-state index in [-0.39, 0.29) is 12.1 Å². The number of carbonyl (C=O) groups excluding carboxylic acids is 1. The number of nitrogens with one attached hydrogen (secondary N) is 2. The van der Waals surface area contributed by atoms with E-state index in [2.05, 4.69) is 15.5 Å². The average Bonchev–Trinajstić information content (AvgIpc) is 3.25. The first-order valence-corrected chi connectivity index (χ1v) is 8.00. The number of likely N-dealkylation sites (tertiary alicyclic amines) is 1. The first kappa shape index (κ1) is 15.6. The molecule has 2 unspecified atom stereocenters. The summed E-state index contributed by atoms with van der Waals surface area (Å²) in [6, 6.07) is 11.4. The van der Waals surface area contributed by atoms with Gasteiger partial charge < -0.3 is 15.3 Å². The Hall–Kier alpha value is -2.34. The normalized spacial score (nSPS) is 18.8. The van der Waals surface area contributed by atoms with Crippen LogP contribution >= 0.6 is 0 Å². The van der Waals surface area contributed by atoms with E-state index in [9.17, 15) is 9.90 Å². The third-order valence-electron chi connectivity index (χ3n) is 4.31. The van der Waals surface area contributed by atoms with Gasteiger partial charge in [-0.2, -0.15) is 5.10 Å². The van der Waals surface area contributed by atoms with Crippen molar-refractivity contribution >= 4 is 6.03 Å². The molecule has 23 heavy (non-hydrogen) atoms. The smallest absolute Gasteiger partial charge is 0.317 e. The van der Waals surface area contributed by atoms with Gasteiger partial charge in [-0.15, -0.1) is 0 Å². The van der Waals surface area contributed by atoms with Crippen LogP contribution < -0.4 is 5.32 Å². The number of benzene rings is 1. The minimum atomic E-state index is -0.540. The Bertz CT molecular complexity index is 615. The number of urea groups is 1. The zero-order valence-electron chi connectivity index (χ0n) is 13.0. The van der Waals surface area contributed by atoms with Gasteiger partial charge in [-0.05, 0) is 30.9 Å². The van der Waals surface area contributed by atoms with Gasteiger partial charge in [0.1, 0.15) is 0 Å². The van der Waals surface area contributed by atoms with E-state index in [1.807, 2.05) is 41.3 Å². The zero-order chi connectivity index (χ0) is 16.1. The van der Waals surface area contributed by atoms with Gasteiger partial charge in [0.2, 0.25) is 0 Å². The number of carbonyl (C=O) groups is 1. The molecular weight excluding hydrogens is 292 g/mol. The van der Waals surface area contributed by atoms with Crippen molar-refractivity contribution in [2.24, 2.45) is 0 Å². The van der Waals surface area contributed by atoms with Gasteiger partial charge in [0.05, 0.1) is 18.3 Å². The lowest BCUT2D eigenvalue weighted by Gasteiger charge is -2.26. The van der Waals surface area contributed by atoms with E-state index in [0.717, 1.165) is 30.6 Å². The summed E-state index contributed by atoms with van der Waals surface area (Å²) in [6.07, 6.45) is 3.60. The standard InChI is InChI=1S/C17H22N4O2/c22-16(13-5-2-1-3-6-13)11-15-7-4-10-21(15)17(23)18-12-14-8-9-19-20-14/h1-3,5-6,8-9,15-16,22H,4,7,10-12H2,(H,18,23)(H,19,20). The molecule has 1 aliphatic heterocycles. The van der Waals surface area contributed by atoms with Crippen molar-refractivity contribution in [1.82, 2.24) is 20.4 Å². The molecule has 1 aromatic heterocycles. The predicted molar refractivity (Wildman–Crippen MR) is 86.6 cm³/mol. The van der Waals surface area contributed by atoms with Gasteiger partial charge in [0, 0.05) is 18.8 Å². The molecule has 3 rings (SSSR count). The third-order valence-corrected chi connectivity index (χ3v) is 4.31. The summed E-state index contributed by atoms with van der Waals surface area (Å²) in [7, 11) is 0. The summed E-state index contributed by atoms with van der Waals surface area (Å²) in [4.78, 5) is 14.2. The van der Waals surface area contributed by atoms with Crippen molar-refractivity contribution < 1.29 is 9.90 Å². The fraction of sp³-hybridized carbons (Fsp3) is 0.412. The Balaban J connectivity index is 1.55. The molecule has 0 spiro atoms. The molecule has 6 nitrogen and oxygen atoms in total. The summed E-state index contributed by atoms with van der Waals surface area (Å²) < 4.78 is 0. The van der Waals surface area contributed by atoms with E-state index in [1.165, 1.54) is 0 Å². The van der Waals surface area contributed by atoms with Crippen LogP contribution in [0.3, 0.4) is 0 Å². The van der Waals surface area contributed by atoms with Crippen LogP contribution in [-0.4, -0.2) is 38.8 Å². The monoisotopic (exact) mass is 314 g/mol. The quantitative estimate of drug-likeness (QED) is 0.791. The van der Waals surface area contributed by atoms with Gasteiger partial charge in [-0.3, -0.25) is 5.10 Å². The molecule has 1 aliphatic rings. The molecule has 122 valence electrons. The zero-order valence-corrected chi connectivity index (χ0v) is 13.0. The molecule has 1 saturated heterocycles. The second-order valence-electron chi connectivity index (χ2n) is 5.89. The molecule has 2 heterocycles. The fourth-order valence-electron chi connectivity index (χ4n) is 3.07. The van der Waals surface area contributed by atoms with E-state index >= 15 is 0 Å². The highest BCUT2D eigenvalue weighted by Gasteiger charge is 2.30. The van der Waals surface area contributed by atoms with Crippen molar-refractivity contribution in [3.63, 3.8) is 0 Å². The molecule has 0 bridgehead atoms. The number of aromatic nitrogens is 2. The Morgan fingerprint density at radius 1 is 1.39 bits per heavy atom. The molecule has 0 radical (unpaired) electrons. The summed E-state index contributed by atoms with van der Waals surface area (Å²) >= 11 is 0. The maximum atomic E-state index is 12.4. The number of rotatable bonds is 5. The van der Waals surface area contributed by atoms with Gasteiger partial charge >= 0.3 is 6.03 Å². The van der Waals surface area contributed by atoms with E-state index in [1.54, 1.807) is 6.20 Å². The number of nitrogens with zero attached hydrogens (tertiary/aromatic N) is 2. The van der Waals surface area contributed by atoms with Gasteiger partial charge in [0.15, 0.2) is 0 Å². The predicted octanol–water partition coefficient (Wildman–Crippen LogP) is 2.21. The number of amides is 2. The summed E-state index contributed by atoms with van der Waals surface area (Å²) in [6.45, 7) is 1.17. The Kier molecular flexibility index (Phi) is 4.92. The van der Waals surface area contributed by atoms with Crippen LogP contribution in [0.5, 0.6) is 0 Å². The minimum absolute atomic E-state index is 0.0759. The Morgan fingerprint density at radius 3 is 2.96 bits per heavy atom. The largest absolute Gasteiger partial charge is 0.388 e. The van der Waals surface area contributed by atoms with Crippen LogP contribution in [0.2, 0.25) is 0 Å². The molecule has 2 aromatic rings. The summed E-state index contributed by atoms with van der Waals surface area (Å²) in [5, 5.41) is 20.0. The first-order chi connectivity index (χ1) is 11.2. The Morgan fingerprint density at radius 2 is 2.22 bits per heavy atom. The lowest BCUT2D eigenvalue weighted by molar-refractivity contribution is 0.126. The second kappa shape index (κ2) is 7.28. The molecule has 1 aromatic carbocycles. The molecule has 3 N–H and O–H groups in total. The topological polar surface area (TPSA) is 81.2 Å².